The first-order valence-electron chi connectivity index (χ1n) is 16.3. The third-order valence-electron chi connectivity index (χ3n) is 5.76. The lowest BCUT2D eigenvalue weighted by atomic mass is 9.98. The molecule has 0 saturated heterocycles. The van der Waals surface area contributed by atoms with Crippen molar-refractivity contribution in [3.8, 4) is 0 Å². The van der Waals surface area contributed by atoms with Crippen molar-refractivity contribution in [3.63, 3.8) is 0 Å². The molecule has 0 heterocycles. The number of methoxy groups -OCH3 is 5. The Labute approximate surface area is 262 Å². The van der Waals surface area contributed by atoms with Gasteiger partial charge in [-0.3, -0.25) is 0 Å². The molecule has 10 atom stereocenters. The summed E-state index contributed by atoms with van der Waals surface area (Å²) in [5.74, 6) is 0. The molecular weight excluding hydrogens is 564 g/mol. The molecule has 2 rings (SSSR count). The Morgan fingerprint density at radius 3 is 1.40 bits per heavy atom. The lowest BCUT2D eigenvalue weighted by Crippen LogP contribution is -2.56. The van der Waals surface area contributed by atoms with E-state index in [0.717, 1.165) is 11.1 Å². The van der Waals surface area contributed by atoms with E-state index >= 15 is 0 Å². The summed E-state index contributed by atoms with van der Waals surface area (Å²) in [7, 11) is 6.29. The summed E-state index contributed by atoms with van der Waals surface area (Å²) < 4.78 is 108. The van der Waals surface area contributed by atoms with Crippen molar-refractivity contribution in [1.29, 1.82) is 0 Å². The first-order valence-corrected chi connectivity index (χ1v) is 13.4. The average molecular weight is 618 g/mol. The van der Waals surface area contributed by atoms with Gasteiger partial charge in [0.1, 0.15) is 64.4 Å². The summed E-state index contributed by atoms with van der Waals surface area (Å²) >= 11 is 0. The molecule has 0 saturated carbocycles. The summed E-state index contributed by atoms with van der Waals surface area (Å²) in [5, 5.41) is 0. The van der Waals surface area contributed by atoms with Crippen LogP contribution in [-0.2, 0) is 70.1 Å². The van der Waals surface area contributed by atoms with Crippen LogP contribution in [0.1, 0.15) is 18.0 Å². The van der Waals surface area contributed by atoms with Gasteiger partial charge in [-0.15, -0.1) is 0 Å². The van der Waals surface area contributed by atoms with Crippen LogP contribution in [0, 0.1) is 0 Å². The lowest BCUT2D eigenvalue weighted by Gasteiger charge is -2.39. The molecule has 5 unspecified atom stereocenters. The molecule has 12 nitrogen and oxygen atoms in total. The third-order valence-corrected chi connectivity index (χ3v) is 5.76. The van der Waals surface area contributed by atoms with Crippen LogP contribution in [-0.4, -0.2) is 113 Å². The van der Waals surface area contributed by atoms with Gasteiger partial charge in [-0.1, -0.05) is 60.7 Å². The van der Waals surface area contributed by atoms with E-state index < -0.39 is 71.0 Å². The summed E-state index contributed by atoms with van der Waals surface area (Å²) in [4.78, 5) is 0. The van der Waals surface area contributed by atoms with Gasteiger partial charge in [0.2, 0.25) is 0 Å². The zero-order valence-electron chi connectivity index (χ0n) is 30.3. The lowest BCUT2D eigenvalue weighted by molar-refractivity contribution is -0.261. The van der Waals surface area contributed by atoms with Gasteiger partial charge in [-0.05, 0) is 11.1 Å². The monoisotopic (exact) mass is 617 g/mol. The molecule has 0 fully saturated rings. The summed E-state index contributed by atoms with van der Waals surface area (Å²) in [6.07, 6.45) is -6.60. The van der Waals surface area contributed by atoms with Crippen molar-refractivity contribution < 1.29 is 63.7 Å². The zero-order valence-corrected chi connectivity index (χ0v) is 25.3. The van der Waals surface area contributed by atoms with E-state index in [1.165, 1.54) is 35.5 Å². The Morgan fingerprint density at radius 2 is 0.884 bits per heavy atom. The first-order chi connectivity index (χ1) is 23.1. The molecule has 0 aliphatic rings. The fraction of sp³-hybridized carbons (Fsp3) is 0.613. The van der Waals surface area contributed by atoms with Crippen molar-refractivity contribution in [2.45, 2.75) is 43.7 Å². The fourth-order valence-electron chi connectivity index (χ4n) is 3.88. The predicted octanol–water partition coefficient (Wildman–Crippen LogP) is 3.37. The van der Waals surface area contributed by atoms with Crippen LogP contribution in [0.25, 0.3) is 0 Å². The molecule has 0 aliphatic carbocycles. The standard InChI is InChI=1S/C31H48O12/c1-32-20-38-19-28(41-22-34-3)30(42-23-35-4)31(43-24-36-5)29(39-17-26-14-10-7-11-15-26)27(40-21-33-2)18-37-16-25-12-8-6-9-13-25/h6-15,27-31H,16-24H2,1-5H3/t27-,28+,29-,30-,31+/m1/s1/i20D,21D,22D,23D,24D/t20?,21?,22?,23?,24?,27-,28+,29-,30-,31+. The zero-order chi connectivity index (χ0) is 35.3. The average Bonchev–Trinajstić information content (AvgIpc) is 3.11. The van der Waals surface area contributed by atoms with Gasteiger partial charge in [0.05, 0.1) is 33.3 Å². The SMILES string of the molecule is [2H]C(OC)OC[C@H](OC([2H])OC)[C@@H](OC([2H])OC)[C@@H](OC([2H])OC)[C@H](OCc1ccccc1)[C@@H](COCc1ccccc1)OC([2H])OC. The minimum atomic E-state index is -1.63. The predicted molar refractivity (Wildman–Crippen MR) is 156 cm³/mol. The molecule has 0 aliphatic heterocycles. The van der Waals surface area contributed by atoms with Crippen molar-refractivity contribution in [1.82, 2.24) is 0 Å². The van der Waals surface area contributed by atoms with Crippen molar-refractivity contribution in [2.75, 3.05) is 82.6 Å². The van der Waals surface area contributed by atoms with E-state index in [1.54, 1.807) is 0 Å². The molecule has 2 aromatic rings. The maximum absolute atomic E-state index is 8.40. The van der Waals surface area contributed by atoms with Gasteiger partial charge in [0.15, 0.2) is 0 Å². The molecule has 0 aromatic heterocycles. The van der Waals surface area contributed by atoms with Crippen molar-refractivity contribution >= 4 is 0 Å². The Morgan fingerprint density at radius 1 is 0.465 bits per heavy atom. The van der Waals surface area contributed by atoms with Crippen LogP contribution in [0.5, 0.6) is 0 Å². The van der Waals surface area contributed by atoms with E-state index in [2.05, 4.69) is 0 Å². The van der Waals surface area contributed by atoms with Gasteiger partial charge >= 0.3 is 0 Å². The van der Waals surface area contributed by atoms with E-state index in [-0.39, 0.29) is 19.8 Å². The van der Waals surface area contributed by atoms with Crippen LogP contribution in [0.3, 0.4) is 0 Å². The molecular formula is C31H48O12. The number of ether oxygens (including phenoxy) is 12. The largest absolute Gasteiger partial charge is 0.374 e. The highest BCUT2D eigenvalue weighted by Crippen LogP contribution is 2.24. The minimum Gasteiger partial charge on any atom is -0.374 e. The highest BCUT2D eigenvalue weighted by atomic mass is 16.7. The van der Waals surface area contributed by atoms with E-state index in [4.69, 9.17) is 63.7 Å². The van der Waals surface area contributed by atoms with Crippen LogP contribution in [0.2, 0.25) is 0 Å². The highest BCUT2D eigenvalue weighted by molar-refractivity contribution is 5.14. The van der Waals surface area contributed by atoms with E-state index in [9.17, 15) is 0 Å². The fourth-order valence-corrected chi connectivity index (χ4v) is 3.88. The number of hydrogen-bond acceptors (Lipinski definition) is 12. The molecule has 0 radical (unpaired) electrons. The Hall–Kier alpha value is -2.04. The molecule has 2 aromatic carbocycles. The van der Waals surface area contributed by atoms with Crippen LogP contribution in [0.4, 0.5) is 0 Å². The molecule has 244 valence electrons. The van der Waals surface area contributed by atoms with Crippen molar-refractivity contribution in [3.05, 3.63) is 71.8 Å². The quantitative estimate of drug-likeness (QED) is 0.137. The maximum Gasteiger partial charge on any atom is 0.146 e. The molecule has 0 amide bonds. The van der Waals surface area contributed by atoms with E-state index in [1.807, 2.05) is 60.7 Å². The van der Waals surface area contributed by atoms with Crippen LogP contribution >= 0.6 is 0 Å². The number of hydrogen-bond donors (Lipinski definition) is 0. The molecule has 0 spiro atoms. The highest BCUT2D eigenvalue weighted by Gasteiger charge is 2.43. The summed E-state index contributed by atoms with van der Waals surface area (Å²) in [6, 6.07) is 18.6. The summed E-state index contributed by atoms with van der Waals surface area (Å²) in [5.41, 5.74) is 1.64. The summed E-state index contributed by atoms with van der Waals surface area (Å²) in [6.45, 7) is -8.20. The van der Waals surface area contributed by atoms with E-state index in [0.29, 0.717) is 0 Å². The van der Waals surface area contributed by atoms with Gasteiger partial charge in [-0.25, -0.2) is 0 Å². The third kappa shape index (κ3) is 15.0. The topological polar surface area (TPSA) is 111 Å². The van der Waals surface area contributed by atoms with Gasteiger partial charge in [0, 0.05) is 35.5 Å². The normalized spacial score (nSPS) is 20.5. The van der Waals surface area contributed by atoms with Crippen LogP contribution in [0.15, 0.2) is 60.7 Å². The Kier molecular flexibility index (Phi) is 16.8. The number of rotatable bonds is 27. The maximum atomic E-state index is 8.40. The number of benzene rings is 2. The minimum absolute atomic E-state index is 0.00383. The second-order valence-electron chi connectivity index (χ2n) is 8.81. The van der Waals surface area contributed by atoms with Gasteiger partial charge in [0.25, 0.3) is 0 Å². The van der Waals surface area contributed by atoms with Gasteiger partial charge in [-0.2, -0.15) is 0 Å². The van der Waals surface area contributed by atoms with Crippen molar-refractivity contribution in [2.24, 2.45) is 0 Å². The molecule has 12 heteroatoms. The smallest absolute Gasteiger partial charge is 0.146 e. The second-order valence-corrected chi connectivity index (χ2v) is 8.81. The first kappa shape index (κ1) is 29.7. The molecule has 0 N–H and O–H groups in total. The van der Waals surface area contributed by atoms with Gasteiger partial charge < -0.3 is 56.8 Å². The Balaban J connectivity index is 2.67. The molecule has 43 heavy (non-hydrogen) atoms. The Bertz CT molecular complexity index is 1070. The second kappa shape index (κ2) is 24.3. The molecule has 0 bridgehead atoms. The van der Waals surface area contributed by atoms with Crippen LogP contribution < -0.4 is 0 Å².